The summed E-state index contributed by atoms with van der Waals surface area (Å²) in [6, 6.07) is 1.58. The quantitative estimate of drug-likeness (QED) is 0.800. The second-order valence-corrected chi connectivity index (χ2v) is 6.24. The number of aromatic nitrogens is 2. The van der Waals surface area contributed by atoms with Crippen LogP contribution in [0.2, 0.25) is 0 Å². The van der Waals surface area contributed by atoms with E-state index in [9.17, 15) is 4.79 Å². The van der Waals surface area contributed by atoms with Crippen LogP contribution in [0.15, 0.2) is 16.0 Å². The summed E-state index contributed by atoms with van der Waals surface area (Å²) in [7, 11) is 0. The molecule has 0 unspecified atom stereocenters. The third-order valence-electron chi connectivity index (χ3n) is 2.32. The first kappa shape index (κ1) is 11.5. The SMILES string of the molecule is CC(C)(C)CNc1cc(=O)n2c(n1)SCC2. The topological polar surface area (TPSA) is 46.9 Å². The molecule has 2 rings (SSSR count). The number of fused-ring (bicyclic) bond motifs is 1. The highest BCUT2D eigenvalue weighted by molar-refractivity contribution is 7.99. The molecular weight excluding hydrogens is 222 g/mol. The van der Waals surface area contributed by atoms with Gasteiger partial charge in [0.15, 0.2) is 5.16 Å². The largest absolute Gasteiger partial charge is 0.369 e. The van der Waals surface area contributed by atoms with Crippen molar-refractivity contribution in [3.8, 4) is 0 Å². The van der Waals surface area contributed by atoms with Gasteiger partial charge in [-0.05, 0) is 5.41 Å². The highest BCUT2D eigenvalue weighted by atomic mass is 32.2. The fourth-order valence-corrected chi connectivity index (χ4v) is 2.43. The van der Waals surface area contributed by atoms with Gasteiger partial charge in [0.1, 0.15) is 5.82 Å². The number of nitrogens with zero attached hydrogens (tertiary/aromatic N) is 2. The summed E-state index contributed by atoms with van der Waals surface area (Å²) in [5, 5.41) is 4.05. The van der Waals surface area contributed by atoms with E-state index in [-0.39, 0.29) is 11.0 Å². The second kappa shape index (κ2) is 4.13. The summed E-state index contributed by atoms with van der Waals surface area (Å²) in [6.07, 6.45) is 0. The standard InChI is InChI=1S/C11H17N3OS/c1-11(2,3)7-12-8-6-9(15)14-4-5-16-10(14)13-8/h6,12H,4-5,7H2,1-3H3. The Hall–Kier alpha value is -0.970. The van der Waals surface area contributed by atoms with Crippen LogP contribution in [0.1, 0.15) is 20.8 Å². The molecule has 1 aromatic rings. The van der Waals surface area contributed by atoms with E-state index in [4.69, 9.17) is 0 Å². The van der Waals surface area contributed by atoms with Gasteiger partial charge in [0.05, 0.1) is 0 Å². The summed E-state index contributed by atoms with van der Waals surface area (Å²) >= 11 is 1.64. The van der Waals surface area contributed by atoms with Gasteiger partial charge in [-0.2, -0.15) is 0 Å². The number of nitrogens with one attached hydrogen (secondary N) is 1. The van der Waals surface area contributed by atoms with E-state index in [1.54, 1.807) is 22.4 Å². The first-order chi connectivity index (χ1) is 7.46. The van der Waals surface area contributed by atoms with Crippen molar-refractivity contribution in [3.05, 3.63) is 16.4 Å². The first-order valence-electron chi connectivity index (χ1n) is 5.44. The predicted molar refractivity (Wildman–Crippen MR) is 67.2 cm³/mol. The van der Waals surface area contributed by atoms with Gasteiger partial charge in [0, 0.05) is 24.9 Å². The lowest BCUT2D eigenvalue weighted by Crippen LogP contribution is -2.24. The molecule has 0 spiro atoms. The van der Waals surface area contributed by atoms with Gasteiger partial charge in [-0.1, -0.05) is 32.5 Å². The minimum Gasteiger partial charge on any atom is -0.369 e. The van der Waals surface area contributed by atoms with Crippen LogP contribution in [0.25, 0.3) is 0 Å². The number of hydrogen-bond donors (Lipinski definition) is 1. The van der Waals surface area contributed by atoms with Crippen molar-refractivity contribution in [1.82, 2.24) is 9.55 Å². The van der Waals surface area contributed by atoms with Crippen LogP contribution in [0.4, 0.5) is 5.82 Å². The molecule has 16 heavy (non-hydrogen) atoms. The van der Waals surface area contributed by atoms with Crippen LogP contribution >= 0.6 is 11.8 Å². The van der Waals surface area contributed by atoms with E-state index >= 15 is 0 Å². The normalized spacial score (nSPS) is 14.9. The zero-order valence-corrected chi connectivity index (χ0v) is 10.7. The first-order valence-corrected chi connectivity index (χ1v) is 6.43. The third-order valence-corrected chi connectivity index (χ3v) is 3.28. The average Bonchev–Trinajstić information content (AvgIpc) is 2.62. The van der Waals surface area contributed by atoms with Crippen molar-refractivity contribution >= 4 is 17.6 Å². The molecule has 1 N–H and O–H groups in total. The van der Waals surface area contributed by atoms with Gasteiger partial charge in [0.2, 0.25) is 0 Å². The zero-order chi connectivity index (χ0) is 11.8. The molecule has 0 fully saturated rings. The Kier molecular flexibility index (Phi) is 2.97. The Morgan fingerprint density at radius 2 is 2.31 bits per heavy atom. The van der Waals surface area contributed by atoms with Crippen molar-refractivity contribution in [2.75, 3.05) is 17.6 Å². The van der Waals surface area contributed by atoms with Crippen LogP contribution in [0.3, 0.4) is 0 Å². The molecule has 0 radical (unpaired) electrons. The van der Waals surface area contributed by atoms with Gasteiger partial charge in [0.25, 0.3) is 5.56 Å². The van der Waals surface area contributed by atoms with Crippen molar-refractivity contribution in [2.24, 2.45) is 5.41 Å². The smallest absolute Gasteiger partial charge is 0.256 e. The van der Waals surface area contributed by atoms with Crippen molar-refractivity contribution < 1.29 is 0 Å². The Morgan fingerprint density at radius 3 is 3.00 bits per heavy atom. The molecule has 1 aliphatic rings. The third kappa shape index (κ3) is 2.58. The van der Waals surface area contributed by atoms with E-state index in [2.05, 4.69) is 31.1 Å². The molecule has 0 bridgehead atoms. The number of rotatable bonds is 2. The lowest BCUT2D eigenvalue weighted by molar-refractivity contribution is 0.442. The van der Waals surface area contributed by atoms with Crippen molar-refractivity contribution in [2.45, 2.75) is 32.5 Å². The molecule has 0 aliphatic carbocycles. The number of thioether (sulfide) groups is 1. The van der Waals surface area contributed by atoms with Crippen LogP contribution in [-0.2, 0) is 6.54 Å². The molecule has 1 aromatic heterocycles. The Balaban J connectivity index is 2.18. The van der Waals surface area contributed by atoms with Crippen molar-refractivity contribution in [3.63, 3.8) is 0 Å². The fraction of sp³-hybridized carbons (Fsp3) is 0.636. The summed E-state index contributed by atoms with van der Waals surface area (Å²) in [5.41, 5.74) is 0.232. The number of anilines is 1. The molecule has 0 saturated carbocycles. The van der Waals surface area contributed by atoms with E-state index < -0.39 is 0 Å². The molecule has 0 atom stereocenters. The minimum atomic E-state index is 0.0476. The van der Waals surface area contributed by atoms with E-state index in [1.807, 2.05) is 0 Å². The maximum atomic E-state index is 11.7. The lowest BCUT2D eigenvalue weighted by Gasteiger charge is -2.19. The highest BCUT2D eigenvalue weighted by Crippen LogP contribution is 2.22. The van der Waals surface area contributed by atoms with Gasteiger partial charge >= 0.3 is 0 Å². The van der Waals surface area contributed by atoms with Crippen LogP contribution in [-0.4, -0.2) is 21.8 Å². The van der Waals surface area contributed by atoms with Gasteiger partial charge < -0.3 is 5.32 Å². The second-order valence-electron chi connectivity index (χ2n) is 5.18. The van der Waals surface area contributed by atoms with Crippen LogP contribution in [0, 0.1) is 5.41 Å². The summed E-state index contributed by atoms with van der Waals surface area (Å²) in [5.74, 6) is 1.64. The molecule has 4 nitrogen and oxygen atoms in total. The monoisotopic (exact) mass is 239 g/mol. The lowest BCUT2D eigenvalue weighted by atomic mass is 9.97. The minimum absolute atomic E-state index is 0.0476. The molecule has 0 saturated heterocycles. The average molecular weight is 239 g/mol. The molecular formula is C11H17N3OS. The number of hydrogen-bond acceptors (Lipinski definition) is 4. The summed E-state index contributed by atoms with van der Waals surface area (Å²) in [4.78, 5) is 16.2. The van der Waals surface area contributed by atoms with E-state index in [1.165, 1.54) is 0 Å². The molecule has 88 valence electrons. The van der Waals surface area contributed by atoms with Gasteiger partial charge in [-0.25, -0.2) is 4.98 Å². The maximum Gasteiger partial charge on any atom is 0.256 e. The van der Waals surface area contributed by atoms with Gasteiger partial charge in [-0.15, -0.1) is 0 Å². The molecule has 0 amide bonds. The Bertz CT molecular complexity index is 448. The molecule has 0 aromatic carbocycles. The summed E-state index contributed by atoms with van der Waals surface area (Å²) in [6.45, 7) is 8.04. The molecule has 2 heterocycles. The predicted octanol–water partition coefficient (Wildman–Crippen LogP) is 1.81. The van der Waals surface area contributed by atoms with E-state index in [0.717, 1.165) is 24.0 Å². The zero-order valence-electron chi connectivity index (χ0n) is 9.91. The Morgan fingerprint density at radius 1 is 1.56 bits per heavy atom. The van der Waals surface area contributed by atoms with Crippen LogP contribution < -0.4 is 10.9 Å². The molecule has 5 heteroatoms. The fourth-order valence-electron chi connectivity index (χ4n) is 1.48. The van der Waals surface area contributed by atoms with Crippen LogP contribution in [0.5, 0.6) is 0 Å². The molecule has 1 aliphatic heterocycles. The summed E-state index contributed by atoms with van der Waals surface area (Å²) < 4.78 is 1.73. The van der Waals surface area contributed by atoms with Gasteiger partial charge in [-0.3, -0.25) is 9.36 Å². The highest BCUT2D eigenvalue weighted by Gasteiger charge is 2.16. The van der Waals surface area contributed by atoms with E-state index in [0.29, 0.717) is 5.82 Å². The maximum absolute atomic E-state index is 11.7. The van der Waals surface area contributed by atoms with Crippen molar-refractivity contribution in [1.29, 1.82) is 0 Å². The Labute approximate surface area is 99.5 Å².